The minimum Gasteiger partial charge on any atom is -0.361 e. The summed E-state index contributed by atoms with van der Waals surface area (Å²) < 4.78 is 0. The number of aromatic amines is 1. The molecule has 0 saturated carbocycles. The van der Waals surface area contributed by atoms with Crippen LogP contribution in [0.15, 0.2) is 30.5 Å². The van der Waals surface area contributed by atoms with Gasteiger partial charge in [0.25, 0.3) is 5.69 Å². The van der Waals surface area contributed by atoms with Crippen LogP contribution in [0, 0.1) is 10.1 Å². The van der Waals surface area contributed by atoms with Gasteiger partial charge >= 0.3 is 0 Å². The lowest BCUT2D eigenvalue weighted by Crippen LogP contribution is -2.43. The molecule has 0 radical (unpaired) electrons. The van der Waals surface area contributed by atoms with Crippen molar-refractivity contribution in [1.82, 2.24) is 15.3 Å². The third-order valence-electron chi connectivity index (χ3n) is 4.09. The summed E-state index contributed by atoms with van der Waals surface area (Å²) in [5, 5.41) is 16.1. The smallest absolute Gasteiger partial charge is 0.270 e. The van der Waals surface area contributed by atoms with Gasteiger partial charge in [-0.15, -0.1) is 0 Å². The number of anilines is 1. The van der Waals surface area contributed by atoms with Gasteiger partial charge in [-0.1, -0.05) is 0 Å². The van der Waals surface area contributed by atoms with E-state index in [1.165, 1.54) is 6.07 Å². The van der Waals surface area contributed by atoms with E-state index in [1.807, 2.05) is 12.3 Å². The average Bonchev–Trinajstić information content (AvgIpc) is 3.04. The Balaban J connectivity index is 1.96. The van der Waals surface area contributed by atoms with Crippen LogP contribution in [0.25, 0.3) is 21.8 Å². The van der Waals surface area contributed by atoms with Crippen LogP contribution in [0.3, 0.4) is 0 Å². The first-order valence-corrected chi connectivity index (χ1v) is 7.25. The van der Waals surface area contributed by atoms with E-state index in [4.69, 9.17) is 4.98 Å². The van der Waals surface area contributed by atoms with Gasteiger partial charge in [0, 0.05) is 55.3 Å². The zero-order valence-corrected chi connectivity index (χ0v) is 11.9. The van der Waals surface area contributed by atoms with Crippen LogP contribution >= 0.6 is 0 Å². The first-order valence-electron chi connectivity index (χ1n) is 7.25. The number of hydrogen-bond donors (Lipinski definition) is 2. The van der Waals surface area contributed by atoms with E-state index in [0.717, 1.165) is 53.8 Å². The van der Waals surface area contributed by atoms with E-state index in [1.54, 1.807) is 12.1 Å². The second-order valence-corrected chi connectivity index (χ2v) is 5.40. The number of pyridine rings is 1. The molecule has 3 heterocycles. The highest BCUT2D eigenvalue weighted by atomic mass is 16.6. The van der Waals surface area contributed by atoms with Crippen LogP contribution in [0.1, 0.15) is 0 Å². The van der Waals surface area contributed by atoms with Crippen LogP contribution in [-0.4, -0.2) is 41.1 Å². The summed E-state index contributed by atoms with van der Waals surface area (Å²) in [4.78, 5) is 20.8. The van der Waals surface area contributed by atoms with E-state index >= 15 is 0 Å². The zero-order valence-electron chi connectivity index (χ0n) is 11.9. The molecule has 2 aromatic heterocycles. The van der Waals surface area contributed by atoms with Gasteiger partial charge in [0.2, 0.25) is 0 Å². The summed E-state index contributed by atoms with van der Waals surface area (Å²) in [6, 6.07) is 6.80. The standard InChI is InChI=1S/C15H15N5O2/c21-20(22)10-1-2-13-12(9-10)14-11(3-4-17-14)15(18-13)19-7-5-16-6-8-19/h1-4,9,16-17H,5-8H2. The number of H-pyrrole nitrogens is 1. The summed E-state index contributed by atoms with van der Waals surface area (Å²) in [5.41, 5.74) is 1.76. The first-order chi connectivity index (χ1) is 10.7. The number of benzene rings is 1. The molecular weight excluding hydrogens is 282 g/mol. The van der Waals surface area contributed by atoms with Gasteiger partial charge in [-0.3, -0.25) is 10.1 Å². The summed E-state index contributed by atoms with van der Waals surface area (Å²) in [7, 11) is 0. The zero-order chi connectivity index (χ0) is 15.1. The van der Waals surface area contributed by atoms with Crippen LogP contribution < -0.4 is 10.2 Å². The van der Waals surface area contributed by atoms with Crippen LogP contribution in [0.5, 0.6) is 0 Å². The molecule has 1 aromatic carbocycles. The third kappa shape index (κ3) is 1.98. The fraction of sp³-hybridized carbons (Fsp3) is 0.267. The fourth-order valence-electron chi connectivity index (χ4n) is 3.01. The topological polar surface area (TPSA) is 87.1 Å². The molecule has 4 rings (SSSR count). The molecule has 3 aromatic rings. The molecule has 22 heavy (non-hydrogen) atoms. The molecule has 0 atom stereocenters. The normalized spacial score (nSPS) is 15.5. The van der Waals surface area contributed by atoms with Gasteiger partial charge in [-0.05, 0) is 12.1 Å². The molecule has 0 unspecified atom stereocenters. The van der Waals surface area contributed by atoms with Gasteiger partial charge < -0.3 is 15.2 Å². The molecule has 2 N–H and O–H groups in total. The number of piperazine rings is 1. The molecule has 0 spiro atoms. The lowest BCUT2D eigenvalue weighted by molar-refractivity contribution is -0.384. The summed E-state index contributed by atoms with van der Waals surface area (Å²) in [6.07, 6.45) is 1.86. The second kappa shape index (κ2) is 4.96. The Kier molecular flexibility index (Phi) is 2.93. The maximum atomic E-state index is 11.0. The van der Waals surface area contributed by atoms with Gasteiger partial charge in [0.15, 0.2) is 0 Å². The first kappa shape index (κ1) is 13.0. The molecule has 1 aliphatic heterocycles. The van der Waals surface area contributed by atoms with E-state index in [2.05, 4.69) is 15.2 Å². The van der Waals surface area contributed by atoms with Crippen molar-refractivity contribution < 1.29 is 4.92 Å². The fourth-order valence-corrected chi connectivity index (χ4v) is 3.01. The lowest BCUT2D eigenvalue weighted by atomic mass is 10.1. The van der Waals surface area contributed by atoms with Crippen LogP contribution in [0.4, 0.5) is 11.5 Å². The lowest BCUT2D eigenvalue weighted by Gasteiger charge is -2.29. The Bertz CT molecular complexity index is 867. The number of aromatic nitrogens is 2. The third-order valence-corrected chi connectivity index (χ3v) is 4.09. The maximum Gasteiger partial charge on any atom is 0.270 e. The highest BCUT2D eigenvalue weighted by molar-refractivity contribution is 6.09. The van der Waals surface area contributed by atoms with Crippen molar-refractivity contribution in [3.05, 3.63) is 40.6 Å². The Morgan fingerprint density at radius 1 is 1.18 bits per heavy atom. The van der Waals surface area contributed by atoms with Crippen molar-refractivity contribution in [3.63, 3.8) is 0 Å². The monoisotopic (exact) mass is 297 g/mol. The minimum absolute atomic E-state index is 0.0834. The predicted octanol–water partition coefficient (Wildman–Crippen LogP) is 2.03. The quantitative estimate of drug-likeness (QED) is 0.558. The Morgan fingerprint density at radius 3 is 2.77 bits per heavy atom. The van der Waals surface area contributed by atoms with Crippen LogP contribution in [0.2, 0.25) is 0 Å². The minimum atomic E-state index is -0.377. The SMILES string of the molecule is O=[N+]([O-])c1ccc2nc(N3CCNCC3)c3cc[nH]c3c2c1. The summed E-state index contributed by atoms with van der Waals surface area (Å²) in [5.74, 6) is 0.944. The van der Waals surface area contributed by atoms with Crippen molar-refractivity contribution in [2.45, 2.75) is 0 Å². The van der Waals surface area contributed by atoms with Crippen molar-refractivity contribution >= 4 is 33.3 Å². The van der Waals surface area contributed by atoms with E-state index < -0.39 is 0 Å². The van der Waals surface area contributed by atoms with Gasteiger partial charge in [0.1, 0.15) is 5.82 Å². The number of nitrogens with one attached hydrogen (secondary N) is 2. The number of nitro benzene ring substituents is 1. The average molecular weight is 297 g/mol. The number of non-ortho nitro benzene ring substituents is 1. The van der Waals surface area contributed by atoms with Crippen molar-refractivity contribution in [1.29, 1.82) is 0 Å². The molecule has 7 heteroatoms. The molecule has 0 aliphatic carbocycles. The predicted molar refractivity (Wildman–Crippen MR) is 85.3 cm³/mol. The molecule has 0 bridgehead atoms. The molecule has 112 valence electrons. The van der Waals surface area contributed by atoms with Gasteiger partial charge in [0.05, 0.1) is 16.0 Å². The van der Waals surface area contributed by atoms with E-state index in [9.17, 15) is 10.1 Å². The molecule has 1 saturated heterocycles. The number of rotatable bonds is 2. The van der Waals surface area contributed by atoms with E-state index in [-0.39, 0.29) is 10.6 Å². The summed E-state index contributed by atoms with van der Waals surface area (Å²) >= 11 is 0. The Labute approximate surface area is 126 Å². The number of nitro groups is 1. The van der Waals surface area contributed by atoms with Crippen molar-refractivity contribution in [2.24, 2.45) is 0 Å². The number of hydrogen-bond acceptors (Lipinski definition) is 5. The Hall–Kier alpha value is -2.67. The number of fused-ring (bicyclic) bond motifs is 3. The maximum absolute atomic E-state index is 11.0. The molecule has 7 nitrogen and oxygen atoms in total. The van der Waals surface area contributed by atoms with Gasteiger partial charge in [-0.2, -0.15) is 0 Å². The highest BCUT2D eigenvalue weighted by Gasteiger charge is 2.18. The van der Waals surface area contributed by atoms with Crippen molar-refractivity contribution in [3.8, 4) is 0 Å². The molecular formula is C15H15N5O2. The Morgan fingerprint density at radius 2 is 2.00 bits per heavy atom. The largest absolute Gasteiger partial charge is 0.361 e. The molecule has 1 fully saturated rings. The molecule has 0 amide bonds. The summed E-state index contributed by atoms with van der Waals surface area (Å²) in [6.45, 7) is 3.69. The van der Waals surface area contributed by atoms with Crippen molar-refractivity contribution in [2.75, 3.05) is 31.1 Å². The second-order valence-electron chi connectivity index (χ2n) is 5.40. The van der Waals surface area contributed by atoms with Crippen LogP contribution in [-0.2, 0) is 0 Å². The number of nitrogens with zero attached hydrogens (tertiary/aromatic N) is 3. The highest BCUT2D eigenvalue weighted by Crippen LogP contribution is 2.32. The van der Waals surface area contributed by atoms with E-state index in [0.29, 0.717) is 0 Å². The van der Waals surface area contributed by atoms with Gasteiger partial charge in [-0.25, -0.2) is 4.98 Å². The molecule has 1 aliphatic rings.